The summed E-state index contributed by atoms with van der Waals surface area (Å²) in [7, 11) is -3.61. The fourth-order valence-corrected chi connectivity index (χ4v) is 3.04. The summed E-state index contributed by atoms with van der Waals surface area (Å²) in [4.78, 5) is 0.175. The minimum Gasteiger partial charge on any atom is -0.389 e. The van der Waals surface area contributed by atoms with Gasteiger partial charge in [-0.25, -0.2) is 8.42 Å². The number of aliphatic hydroxyl groups excluding tert-OH is 1. The first-order valence-electron chi connectivity index (χ1n) is 6.82. The molecule has 0 aromatic heterocycles. The number of rotatable bonds is 5. The van der Waals surface area contributed by atoms with Gasteiger partial charge in [0, 0.05) is 5.69 Å². The highest BCUT2D eigenvalue weighted by Gasteiger charge is 2.14. The number of nitrogens with one attached hydrogen (secondary N) is 1. The van der Waals surface area contributed by atoms with Crippen molar-refractivity contribution in [2.45, 2.75) is 31.3 Å². The molecular formula is C16H19NO3S. The van der Waals surface area contributed by atoms with E-state index < -0.39 is 16.1 Å². The Morgan fingerprint density at radius 1 is 1.14 bits per heavy atom. The van der Waals surface area contributed by atoms with Crippen LogP contribution in [0, 0.1) is 0 Å². The second kappa shape index (κ2) is 6.28. The van der Waals surface area contributed by atoms with Gasteiger partial charge in [-0.05, 0) is 48.7 Å². The quantitative estimate of drug-likeness (QED) is 0.892. The Labute approximate surface area is 125 Å². The van der Waals surface area contributed by atoms with E-state index in [9.17, 15) is 13.5 Å². The molecule has 0 radical (unpaired) electrons. The molecule has 0 aliphatic carbocycles. The van der Waals surface area contributed by atoms with Crippen LogP contribution in [0.3, 0.4) is 0 Å². The highest BCUT2D eigenvalue weighted by molar-refractivity contribution is 7.92. The van der Waals surface area contributed by atoms with E-state index in [-0.39, 0.29) is 4.90 Å². The van der Waals surface area contributed by atoms with E-state index in [1.54, 1.807) is 25.1 Å². The number of anilines is 1. The molecule has 0 fully saturated rings. The summed E-state index contributed by atoms with van der Waals surface area (Å²) < 4.78 is 27.2. The van der Waals surface area contributed by atoms with E-state index >= 15 is 0 Å². The Balaban J connectivity index is 2.25. The van der Waals surface area contributed by atoms with Gasteiger partial charge in [0.15, 0.2) is 0 Å². The summed E-state index contributed by atoms with van der Waals surface area (Å²) in [5, 5.41) is 9.45. The van der Waals surface area contributed by atoms with Crippen molar-refractivity contribution in [1.29, 1.82) is 0 Å². The zero-order valence-corrected chi connectivity index (χ0v) is 12.9. The minimum absolute atomic E-state index is 0.175. The number of aliphatic hydroxyl groups is 1. The minimum atomic E-state index is -3.61. The maximum Gasteiger partial charge on any atom is 0.261 e. The lowest BCUT2D eigenvalue weighted by Gasteiger charge is -2.10. The van der Waals surface area contributed by atoms with Crippen LogP contribution in [0.1, 0.15) is 31.1 Å². The molecule has 2 rings (SSSR count). The highest BCUT2D eigenvalue weighted by atomic mass is 32.2. The largest absolute Gasteiger partial charge is 0.389 e. The molecule has 1 atom stereocenters. The second-order valence-corrected chi connectivity index (χ2v) is 6.59. The lowest BCUT2D eigenvalue weighted by molar-refractivity contribution is 0.199. The first kappa shape index (κ1) is 15.5. The van der Waals surface area contributed by atoms with Crippen molar-refractivity contribution in [2.75, 3.05) is 4.72 Å². The lowest BCUT2D eigenvalue weighted by atomic mass is 10.1. The monoisotopic (exact) mass is 305 g/mol. The molecule has 2 aromatic rings. The molecule has 0 amide bonds. The molecule has 21 heavy (non-hydrogen) atoms. The average molecular weight is 305 g/mol. The third-order valence-electron chi connectivity index (χ3n) is 3.26. The molecule has 0 bridgehead atoms. The first-order chi connectivity index (χ1) is 9.92. The number of hydrogen-bond acceptors (Lipinski definition) is 3. The van der Waals surface area contributed by atoms with Crippen molar-refractivity contribution in [3.05, 3.63) is 59.7 Å². The molecule has 0 spiro atoms. The Bertz CT molecular complexity index is 707. The van der Waals surface area contributed by atoms with Gasteiger partial charge in [0.1, 0.15) is 0 Å². The predicted molar refractivity (Wildman–Crippen MR) is 83.7 cm³/mol. The van der Waals surface area contributed by atoms with Crippen LogP contribution in [0.2, 0.25) is 0 Å². The Hall–Kier alpha value is -1.85. The van der Waals surface area contributed by atoms with E-state index in [1.807, 2.05) is 25.1 Å². The first-order valence-corrected chi connectivity index (χ1v) is 8.30. The van der Waals surface area contributed by atoms with Crippen molar-refractivity contribution < 1.29 is 13.5 Å². The van der Waals surface area contributed by atoms with E-state index in [1.165, 1.54) is 12.1 Å². The van der Waals surface area contributed by atoms with E-state index in [0.717, 1.165) is 12.0 Å². The van der Waals surface area contributed by atoms with E-state index in [0.29, 0.717) is 11.3 Å². The van der Waals surface area contributed by atoms with Crippen molar-refractivity contribution >= 4 is 15.7 Å². The highest BCUT2D eigenvalue weighted by Crippen LogP contribution is 2.19. The molecule has 1 unspecified atom stereocenters. The van der Waals surface area contributed by atoms with Gasteiger partial charge in [0.2, 0.25) is 0 Å². The third kappa shape index (κ3) is 3.83. The SMILES string of the molecule is CCc1cccc(NS(=O)(=O)c2ccc(C(C)O)cc2)c1. The molecule has 0 aliphatic rings. The zero-order valence-electron chi connectivity index (χ0n) is 12.1. The maximum atomic E-state index is 12.3. The molecule has 0 heterocycles. The van der Waals surface area contributed by atoms with Crippen LogP contribution >= 0.6 is 0 Å². The third-order valence-corrected chi connectivity index (χ3v) is 4.66. The van der Waals surface area contributed by atoms with Crippen molar-refractivity contribution in [3.63, 3.8) is 0 Å². The van der Waals surface area contributed by atoms with E-state index in [2.05, 4.69) is 4.72 Å². The standard InChI is InChI=1S/C16H19NO3S/c1-3-13-5-4-6-15(11-13)17-21(19,20)16-9-7-14(8-10-16)12(2)18/h4-12,17-18H,3H2,1-2H3. The summed E-state index contributed by atoms with van der Waals surface area (Å²) in [5.41, 5.74) is 2.30. The number of sulfonamides is 1. The number of benzene rings is 2. The zero-order chi connectivity index (χ0) is 15.5. The fraction of sp³-hybridized carbons (Fsp3) is 0.250. The summed E-state index contributed by atoms with van der Waals surface area (Å²) in [5.74, 6) is 0. The molecule has 2 aromatic carbocycles. The number of hydrogen-bond donors (Lipinski definition) is 2. The molecule has 112 valence electrons. The predicted octanol–water partition coefficient (Wildman–Crippen LogP) is 3.10. The van der Waals surface area contributed by atoms with Crippen molar-refractivity contribution in [1.82, 2.24) is 0 Å². The van der Waals surface area contributed by atoms with Crippen LogP contribution in [0.25, 0.3) is 0 Å². The van der Waals surface area contributed by atoms with Crippen LogP contribution < -0.4 is 4.72 Å². The van der Waals surface area contributed by atoms with Crippen LogP contribution in [0.15, 0.2) is 53.4 Å². The number of aryl methyl sites for hydroxylation is 1. The topological polar surface area (TPSA) is 66.4 Å². The smallest absolute Gasteiger partial charge is 0.261 e. The van der Waals surface area contributed by atoms with Crippen LogP contribution in [-0.2, 0) is 16.4 Å². The molecule has 0 saturated heterocycles. The van der Waals surface area contributed by atoms with Crippen molar-refractivity contribution in [3.8, 4) is 0 Å². The summed E-state index contributed by atoms with van der Waals surface area (Å²) in [6.07, 6.45) is 0.231. The molecule has 4 nitrogen and oxygen atoms in total. The summed E-state index contributed by atoms with van der Waals surface area (Å²) >= 11 is 0. The molecule has 0 aliphatic heterocycles. The molecule has 5 heteroatoms. The Morgan fingerprint density at radius 2 is 1.81 bits per heavy atom. The van der Waals surface area contributed by atoms with Gasteiger partial charge >= 0.3 is 0 Å². The van der Waals surface area contributed by atoms with Crippen LogP contribution in [0.5, 0.6) is 0 Å². The van der Waals surface area contributed by atoms with Gasteiger partial charge in [0.05, 0.1) is 11.0 Å². The molecule has 2 N–H and O–H groups in total. The molecule has 0 saturated carbocycles. The van der Waals surface area contributed by atoms with Gasteiger partial charge < -0.3 is 5.11 Å². The van der Waals surface area contributed by atoms with Gasteiger partial charge in [-0.2, -0.15) is 0 Å². The van der Waals surface area contributed by atoms with E-state index in [4.69, 9.17) is 0 Å². The van der Waals surface area contributed by atoms with Crippen LogP contribution in [0.4, 0.5) is 5.69 Å². The second-order valence-electron chi connectivity index (χ2n) is 4.90. The summed E-state index contributed by atoms with van der Waals surface area (Å²) in [6, 6.07) is 13.5. The van der Waals surface area contributed by atoms with Crippen molar-refractivity contribution in [2.24, 2.45) is 0 Å². The Morgan fingerprint density at radius 3 is 2.38 bits per heavy atom. The summed E-state index contributed by atoms with van der Waals surface area (Å²) in [6.45, 7) is 3.65. The normalized spacial score (nSPS) is 12.9. The van der Waals surface area contributed by atoms with Gasteiger partial charge in [0.25, 0.3) is 10.0 Å². The Kier molecular flexibility index (Phi) is 4.65. The molecular weight excluding hydrogens is 286 g/mol. The lowest BCUT2D eigenvalue weighted by Crippen LogP contribution is -2.13. The maximum absolute atomic E-state index is 12.3. The fourth-order valence-electron chi connectivity index (χ4n) is 1.99. The average Bonchev–Trinajstić information content (AvgIpc) is 2.47. The van der Waals surface area contributed by atoms with Gasteiger partial charge in [-0.3, -0.25) is 4.72 Å². The van der Waals surface area contributed by atoms with Crippen LogP contribution in [-0.4, -0.2) is 13.5 Å². The van der Waals surface area contributed by atoms with Gasteiger partial charge in [-0.1, -0.05) is 31.2 Å². The van der Waals surface area contributed by atoms with Gasteiger partial charge in [-0.15, -0.1) is 0 Å².